The highest BCUT2D eigenvalue weighted by molar-refractivity contribution is 6.30. The lowest BCUT2D eigenvalue weighted by molar-refractivity contribution is 0.993. The van der Waals surface area contributed by atoms with Crippen molar-refractivity contribution in [2.75, 3.05) is 0 Å². The fourth-order valence-electron chi connectivity index (χ4n) is 1.61. The second kappa shape index (κ2) is 8.92. The third kappa shape index (κ3) is 6.50. The molecular formula is C16H15Cl2N5. The molecule has 118 valence electrons. The van der Waals surface area contributed by atoms with Crippen molar-refractivity contribution in [2.45, 2.75) is 6.42 Å². The van der Waals surface area contributed by atoms with Gasteiger partial charge in [-0.05, 0) is 35.4 Å². The van der Waals surface area contributed by atoms with Gasteiger partial charge in [0, 0.05) is 22.7 Å². The second-order valence-corrected chi connectivity index (χ2v) is 5.41. The van der Waals surface area contributed by atoms with E-state index in [1.807, 2.05) is 36.4 Å². The van der Waals surface area contributed by atoms with Crippen LogP contribution in [0.1, 0.15) is 11.1 Å². The number of nitrogens with two attached hydrogens (primary N) is 1. The van der Waals surface area contributed by atoms with E-state index >= 15 is 0 Å². The normalized spacial score (nSPS) is 12.2. The number of hydrogen-bond donors (Lipinski definition) is 2. The molecule has 0 aliphatic heterocycles. The van der Waals surface area contributed by atoms with Gasteiger partial charge in [0.2, 0.25) is 5.96 Å². The van der Waals surface area contributed by atoms with E-state index in [9.17, 15) is 0 Å². The summed E-state index contributed by atoms with van der Waals surface area (Å²) in [6, 6.07) is 14.7. The highest BCUT2D eigenvalue weighted by atomic mass is 35.5. The minimum Gasteiger partial charge on any atom is -0.367 e. The molecule has 0 aliphatic carbocycles. The molecule has 7 heteroatoms. The maximum absolute atomic E-state index is 5.81. The van der Waals surface area contributed by atoms with Crippen molar-refractivity contribution in [3.05, 3.63) is 69.7 Å². The number of guanidine groups is 1. The van der Waals surface area contributed by atoms with Crippen LogP contribution in [0.4, 0.5) is 0 Å². The first kappa shape index (κ1) is 17.0. The van der Waals surface area contributed by atoms with Gasteiger partial charge < -0.3 is 5.73 Å². The average molecular weight is 348 g/mol. The van der Waals surface area contributed by atoms with E-state index in [2.05, 4.69) is 20.7 Å². The number of nitrogens with zero attached hydrogens (tertiary/aromatic N) is 3. The number of hydrazone groups is 1. The Hall–Kier alpha value is -2.37. The average Bonchev–Trinajstić information content (AvgIpc) is 2.55. The van der Waals surface area contributed by atoms with E-state index in [0.29, 0.717) is 16.5 Å². The summed E-state index contributed by atoms with van der Waals surface area (Å²) < 4.78 is 0. The highest BCUT2D eigenvalue weighted by Gasteiger charge is 1.91. The zero-order valence-electron chi connectivity index (χ0n) is 12.2. The fourth-order valence-corrected chi connectivity index (χ4v) is 1.87. The van der Waals surface area contributed by atoms with Crippen LogP contribution in [0.2, 0.25) is 10.0 Å². The molecule has 2 aromatic rings. The van der Waals surface area contributed by atoms with E-state index < -0.39 is 0 Å². The van der Waals surface area contributed by atoms with E-state index in [4.69, 9.17) is 28.9 Å². The molecule has 0 aliphatic rings. The summed E-state index contributed by atoms with van der Waals surface area (Å²) in [5, 5.41) is 13.0. The molecule has 0 spiro atoms. The molecule has 0 amide bonds. The smallest absolute Gasteiger partial charge is 0.234 e. The number of nitrogens with one attached hydrogen (secondary N) is 1. The van der Waals surface area contributed by atoms with Gasteiger partial charge in [0.25, 0.3) is 0 Å². The van der Waals surface area contributed by atoms with Crippen LogP contribution in [0.5, 0.6) is 0 Å². The van der Waals surface area contributed by atoms with Gasteiger partial charge in [-0.1, -0.05) is 47.5 Å². The largest absolute Gasteiger partial charge is 0.367 e. The van der Waals surface area contributed by atoms with Gasteiger partial charge in [0.15, 0.2) is 0 Å². The zero-order valence-corrected chi connectivity index (χ0v) is 13.7. The fraction of sp³-hybridized carbons (Fsp3) is 0.0625. The van der Waals surface area contributed by atoms with Crippen LogP contribution in [0.25, 0.3) is 0 Å². The molecule has 23 heavy (non-hydrogen) atoms. The Bertz CT molecular complexity index is 706. The summed E-state index contributed by atoms with van der Waals surface area (Å²) in [4.78, 5) is 0. The van der Waals surface area contributed by atoms with Crippen molar-refractivity contribution in [1.82, 2.24) is 5.43 Å². The molecule has 0 bridgehead atoms. The predicted molar refractivity (Wildman–Crippen MR) is 97.5 cm³/mol. The molecule has 0 heterocycles. The van der Waals surface area contributed by atoms with Crippen LogP contribution in [-0.2, 0) is 6.42 Å². The molecule has 2 rings (SSSR count). The van der Waals surface area contributed by atoms with Gasteiger partial charge in [-0.15, -0.1) is 5.10 Å². The monoisotopic (exact) mass is 347 g/mol. The molecule has 0 saturated carbocycles. The number of benzene rings is 2. The van der Waals surface area contributed by atoms with Gasteiger partial charge in [0.1, 0.15) is 0 Å². The van der Waals surface area contributed by atoms with Crippen LogP contribution in [-0.4, -0.2) is 18.4 Å². The summed E-state index contributed by atoms with van der Waals surface area (Å²) in [7, 11) is 0. The third-order valence-electron chi connectivity index (χ3n) is 2.75. The SMILES string of the molecule is NC(=NN=CCc1ccc(Cl)cc1)NN=Cc1ccc(Cl)cc1. The summed E-state index contributed by atoms with van der Waals surface area (Å²) >= 11 is 11.6. The quantitative estimate of drug-likeness (QED) is 0.493. The van der Waals surface area contributed by atoms with E-state index in [0.717, 1.165) is 11.1 Å². The topological polar surface area (TPSA) is 75.1 Å². The van der Waals surface area contributed by atoms with Crippen LogP contribution in [0, 0.1) is 0 Å². The highest BCUT2D eigenvalue weighted by Crippen LogP contribution is 2.09. The first-order valence-corrected chi connectivity index (χ1v) is 7.53. The number of hydrogen-bond acceptors (Lipinski definition) is 3. The van der Waals surface area contributed by atoms with Crippen LogP contribution >= 0.6 is 23.2 Å². The summed E-state index contributed by atoms with van der Waals surface area (Å²) in [6.45, 7) is 0. The van der Waals surface area contributed by atoms with Crippen molar-refractivity contribution >= 4 is 41.6 Å². The Morgan fingerprint density at radius 3 is 2.26 bits per heavy atom. The van der Waals surface area contributed by atoms with Gasteiger partial charge in [-0.3, -0.25) is 0 Å². The Kier molecular flexibility index (Phi) is 6.59. The molecule has 2 aromatic carbocycles. The van der Waals surface area contributed by atoms with E-state index in [1.165, 1.54) is 0 Å². The maximum Gasteiger partial charge on any atom is 0.234 e. The van der Waals surface area contributed by atoms with Crippen molar-refractivity contribution < 1.29 is 0 Å². The molecule has 0 radical (unpaired) electrons. The first-order chi connectivity index (χ1) is 11.1. The number of halogens is 2. The molecule has 5 nitrogen and oxygen atoms in total. The summed E-state index contributed by atoms with van der Waals surface area (Å²) in [6.07, 6.45) is 3.90. The van der Waals surface area contributed by atoms with Crippen LogP contribution in [0.15, 0.2) is 63.8 Å². The second-order valence-electron chi connectivity index (χ2n) is 4.54. The lowest BCUT2D eigenvalue weighted by atomic mass is 10.2. The Labute approximate surface area is 144 Å². The van der Waals surface area contributed by atoms with Crippen LogP contribution in [0.3, 0.4) is 0 Å². The van der Waals surface area contributed by atoms with Gasteiger partial charge >= 0.3 is 0 Å². The standard InChI is InChI=1S/C16H15Cl2N5/c17-14-5-1-12(2-6-14)9-10-20-22-16(19)23-21-11-13-3-7-15(18)8-4-13/h1-8,10-11H,9H2,(H3,19,22,23). The first-order valence-electron chi connectivity index (χ1n) is 6.77. The van der Waals surface area contributed by atoms with E-state index in [1.54, 1.807) is 24.6 Å². The Balaban J connectivity index is 1.79. The molecule has 3 N–H and O–H groups in total. The molecule has 0 atom stereocenters. The zero-order chi connectivity index (χ0) is 16.5. The van der Waals surface area contributed by atoms with Gasteiger partial charge in [-0.2, -0.15) is 10.2 Å². The van der Waals surface area contributed by atoms with Gasteiger partial charge in [0.05, 0.1) is 6.21 Å². The molecule has 0 saturated heterocycles. The lowest BCUT2D eigenvalue weighted by Crippen LogP contribution is -2.26. The van der Waals surface area contributed by atoms with Crippen molar-refractivity contribution in [3.8, 4) is 0 Å². The molecule has 0 unspecified atom stereocenters. The van der Waals surface area contributed by atoms with Crippen LogP contribution < -0.4 is 11.2 Å². The molecule has 0 fully saturated rings. The van der Waals surface area contributed by atoms with Gasteiger partial charge in [-0.25, -0.2) is 5.43 Å². The van der Waals surface area contributed by atoms with E-state index in [-0.39, 0.29) is 5.96 Å². The lowest BCUT2D eigenvalue weighted by Gasteiger charge is -1.97. The maximum atomic E-state index is 5.81. The number of rotatable bonds is 5. The molecular weight excluding hydrogens is 333 g/mol. The third-order valence-corrected chi connectivity index (χ3v) is 3.25. The minimum absolute atomic E-state index is 0.0996. The van der Waals surface area contributed by atoms with Crippen molar-refractivity contribution in [1.29, 1.82) is 0 Å². The minimum atomic E-state index is 0.0996. The Morgan fingerprint density at radius 1 is 1.00 bits per heavy atom. The van der Waals surface area contributed by atoms with Crippen molar-refractivity contribution in [3.63, 3.8) is 0 Å². The summed E-state index contributed by atoms with van der Waals surface area (Å²) in [5.74, 6) is 0.0996. The van der Waals surface area contributed by atoms with Crippen molar-refractivity contribution in [2.24, 2.45) is 21.0 Å². The Morgan fingerprint density at radius 2 is 1.61 bits per heavy atom. The predicted octanol–water partition coefficient (Wildman–Crippen LogP) is 3.46. The summed E-state index contributed by atoms with van der Waals surface area (Å²) in [5.41, 5.74) is 10.2. The molecule has 0 aromatic heterocycles.